The molecule has 1 aromatic rings. The van der Waals surface area contributed by atoms with Gasteiger partial charge in [0.25, 0.3) is 0 Å². The Labute approximate surface area is 98.1 Å². The molecular formula is C10H6ClF5O. The van der Waals surface area contributed by atoms with Crippen molar-refractivity contribution in [1.29, 1.82) is 0 Å². The van der Waals surface area contributed by atoms with Crippen molar-refractivity contribution in [3.63, 3.8) is 0 Å². The minimum Gasteiger partial charge on any atom is -0.381 e. The zero-order valence-corrected chi connectivity index (χ0v) is 8.86. The van der Waals surface area contributed by atoms with Crippen molar-refractivity contribution < 1.29 is 27.1 Å². The Morgan fingerprint density at radius 3 is 2.00 bits per heavy atom. The molecule has 0 saturated carbocycles. The van der Waals surface area contributed by atoms with Gasteiger partial charge in [-0.05, 0) is 17.7 Å². The zero-order chi connectivity index (χ0) is 13.2. The maximum absolute atomic E-state index is 13.0. The quantitative estimate of drug-likeness (QED) is 0.804. The van der Waals surface area contributed by atoms with E-state index < -0.39 is 23.9 Å². The topological polar surface area (TPSA) is 20.2 Å². The molecule has 94 valence electrons. The van der Waals surface area contributed by atoms with Crippen molar-refractivity contribution in [3.05, 3.63) is 46.5 Å². The van der Waals surface area contributed by atoms with Gasteiger partial charge in [0, 0.05) is 5.02 Å². The molecule has 1 atom stereocenters. The number of aliphatic hydroxyl groups is 1. The first kappa shape index (κ1) is 13.9. The Balaban J connectivity index is 3.05. The molecule has 0 radical (unpaired) electrons. The highest BCUT2D eigenvalue weighted by molar-refractivity contribution is 6.30. The standard InChI is InChI=1S/C10H6ClF5O/c11-6-3-1-5(2-4-6)8(17)7(12)9(13)10(14,15)16/h1-4,8,17H/b9-7+. The minimum atomic E-state index is -5.46. The van der Waals surface area contributed by atoms with Crippen LogP contribution in [0.1, 0.15) is 11.7 Å². The first-order valence-corrected chi connectivity index (χ1v) is 4.67. The van der Waals surface area contributed by atoms with E-state index in [1.807, 2.05) is 0 Å². The van der Waals surface area contributed by atoms with Crippen molar-refractivity contribution in [2.45, 2.75) is 12.3 Å². The number of allylic oxidation sites excluding steroid dienone is 1. The predicted octanol–water partition coefficient (Wildman–Crippen LogP) is 4.09. The van der Waals surface area contributed by atoms with Crippen LogP contribution in [0, 0.1) is 0 Å². The summed E-state index contributed by atoms with van der Waals surface area (Å²) in [4.78, 5) is 0. The summed E-state index contributed by atoms with van der Waals surface area (Å²) in [7, 11) is 0. The molecule has 17 heavy (non-hydrogen) atoms. The van der Waals surface area contributed by atoms with E-state index in [9.17, 15) is 27.1 Å². The number of alkyl halides is 3. The average Bonchev–Trinajstić information content (AvgIpc) is 2.26. The highest BCUT2D eigenvalue weighted by Crippen LogP contribution is 2.35. The smallest absolute Gasteiger partial charge is 0.381 e. The molecule has 1 N–H and O–H groups in total. The molecule has 7 heteroatoms. The summed E-state index contributed by atoms with van der Waals surface area (Å²) in [5.74, 6) is -5.22. The van der Waals surface area contributed by atoms with E-state index in [-0.39, 0.29) is 10.6 Å². The SMILES string of the molecule is OC(/C(F)=C(\F)C(F)(F)F)c1ccc(Cl)cc1. The first-order chi connectivity index (χ1) is 7.73. The van der Waals surface area contributed by atoms with E-state index >= 15 is 0 Å². The molecule has 1 rings (SSSR count). The van der Waals surface area contributed by atoms with Crippen molar-refractivity contribution >= 4 is 11.6 Å². The van der Waals surface area contributed by atoms with Crippen LogP contribution in [-0.2, 0) is 0 Å². The average molecular weight is 273 g/mol. The summed E-state index contributed by atoms with van der Waals surface area (Å²) >= 11 is 5.49. The molecule has 1 nitrogen and oxygen atoms in total. The lowest BCUT2D eigenvalue weighted by Gasteiger charge is -2.11. The van der Waals surface area contributed by atoms with E-state index in [2.05, 4.69) is 0 Å². The minimum absolute atomic E-state index is 0.230. The number of rotatable bonds is 2. The zero-order valence-electron chi connectivity index (χ0n) is 8.10. The maximum atomic E-state index is 13.0. The normalized spacial score (nSPS) is 15.5. The second kappa shape index (κ2) is 5.01. The van der Waals surface area contributed by atoms with Crippen LogP contribution >= 0.6 is 11.6 Å². The van der Waals surface area contributed by atoms with Gasteiger partial charge in [0.05, 0.1) is 0 Å². The van der Waals surface area contributed by atoms with Crippen molar-refractivity contribution in [2.24, 2.45) is 0 Å². The third-order valence-corrected chi connectivity index (χ3v) is 2.14. The molecule has 0 aliphatic rings. The van der Waals surface area contributed by atoms with Gasteiger partial charge in [-0.2, -0.15) is 17.6 Å². The van der Waals surface area contributed by atoms with Crippen molar-refractivity contribution in [2.75, 3.05) is 0 Å². The van der Waals surface area contributed by atoms with E-state index in [4.69, 9.17) is 11.6 Å². The predicted molar refractivity (Wildman–Crippen MR) is 51.7 cm³/mol. The highest BCUT2D eigenvalue weighted by atomic mass is 35.5. The van der Waals surface area contributed by atoms with Crippen LogP contribution in [-0.4, -0.2) is 11.3 Å². The Hall–Kier alpha value is -1.14. The molecule has 0 aliphatic heterocycles. The lowest BCUT2D eigenvalue weighted by molar-refractivity contribution is -0.112. The monoisotopic (exact) mass is 272 g/mol. The van der Waals surface area contributed by atoms with Crippen molar-refractivity contribution in [3.8, 4) is 0 Å². The first-order valence-electron chi connectivity index (χ1n) is 4.29. The molecule has 0 fully saturated rings. The fourth-order valence-corrected chi connectivity index (χ4v) is 1.17. The molecular weight excluding hydrogens is 267 g/mol. The van der Waals surface area contributed by atoms with Crippen LogP contribution in [0.25, 0.3) is 0 Å². The molecule has 0 bridgehead atoms. The van der Waals surface area contributed by atoms with Gasteiger partial charge in [-0.25, -0.2) is 4.39 Å². The summed E-state index contributed by atoms with van der Waals surface area (Å²) in [6, 6.07) is 4.66. The van der Waals surface area contributed by atoms with Gasteiger partial charge in [0.2, 0.25) is 5.83 Å². The molecule has 0 heterocycles. The summed E-state index contributed by atoms with van der Waals surface area (Å²) in [6.45, 7) is 0. The Morgan fingerprint density at radius 1 is 1.12 bits per heavy atom. The molecule has 1 aromatic carbocycles. The molecule has 0 spiro atoms. The Morgan fingerprint density at radius 2 is 1.59 bits per heavy atom. The second-order valence-electron chi connectivity index (χ2n) is 3.11. The van der Waals surface area contributed by atoms with Crippen LogP contribution < -0.4 is 0 Å². The van der Waals surface area contributed by atoms with E-state index in [1.165, 1.54) is 12.1 Å². The summed E-state index contributed by atoms with van der Waals surface area (Å²) in [5.41, 5.74) is -0.230. The number of benzene rings is 1. The van der Waals surface area contributed by atoms with Crippen LogP contribution in [0.15, 0.2) is 35.9 Å². The van der Waals surface area contributed by atoms with Gasteiger partial charge in [-0.3, -0.25) is 0 Å². The lowest BCUT2D eigenvalue weighted by atomic mass is 10.1. The molecule has 0 amide bonds. The van der Waals surface area contributed by atoms with Gasteiger partial charge in [-0.1, -0.05) is 23.7 Å². The van der Waals surface area contributed by atoms with Crippen LogP contribution in [0.2, 0.25) is 5.02 Å². The third kappa shape index (κ3) is 3.41. The molecule has 0 aromatic heterocycles. The lowest BCUT2D eigenvalue weighted by Crippen LogP contribution is -2.12. The largest absolute Gasteiger partial charge is 0.445 e. The van der Waals surface area contributed by atoms with Crippen LogP contribution in [0.3, 0.4) is 0 Å². The Bertz CT molecular complexity index is 423. The fraction of sp³-hybridized carbons (Fsp3) is 0.200. The van der Waals surface area contributed by atoms with Crippen LogP contribution in [0.4, 0.5) is 22.0 Å². The third-order valence-electron chi connectivity index (χ3n) is 1.88. The summed E-state index contributed by atoms with van der Waals surface area (Å²) in [5, 5.41) is 9.45. The highest BCUT2D eigenvalue weighted by Gasteiger charge is 2.40. The fourth-order valence-electron chi connectivity index (χ4n) is 1.05. The van der Waals surface area contributed by atoms with Gasteiger partial charge in [0.1, 0.15) is 6.10 Å². The second-order valence-corrected chi connectivity index (χ2v) is 3.55. The molecule has 0 saturated heterocycles. The van der Waals surface area contributed by atoms with Gasteiger partial charge in [-0.15, -0.1) is 0 Å². The maximum Gasteiger partial charge on any atom is 0.445 e. The van der Waals surface area contributed by atoms with Gasteiger partial charge < -0.3 is 5.11 Å². The Kier molecular flexibility index (Phi) is 4.11. The van der Waals surface area contributed by atoms with Gasteiger partial charge >= 0.3 is 6.18 Å². The number of halogens is 6. The van der Waals surface area contributed by atoms with Crippen LogP contribution in [0.5, 0.6) is 0 Å². The van der Waals surface area contributed by atoms with Gasteiger partial charge in [0.15, 0.2) is 5.83 Å². The van der Waals surface area contributed by atoms with E-state index in [1.54, 1.807) is 0 Å². The van der Waals surface area contributed by atoms with E-state index in [0.717, 1.165) is 12.1 Å². The number of aliphatic hydroxyl groups excluding tert-OH is 1. The number of hydrogen-bond acceptors (Lipinski definition) is 1. The number of hydrogen-bond donors (Lipinski definition) is 1. The summed E-state index contributed by atoms with van der Waals surface area (Å²) in [6.07, 6.45) is -7.77. The summed E-state index contributed by atoms with van der Waals surface area (Å²) < 4.78 is 61.0. The molecule has 0 aliphatic carbocycles. The molecule has 1 unspecified atom stereocenters. The van der Waals surface area contributed by atoms with E-state index in [0.29, 0.717) is 0 Å². The van der Waals surface area contributed by atoms with Crippen molar-refractivity contribution in [1.82, 2.24) is 0 Å².